The first kappa shape index (κ1) is 21.9. The molecule has 1 fully saturated rings. The molecule has 0 aliphatic carbocycles. The molecule has 1 aliphatic heterocycles. The van der Waals surface area contributed by atoms with Gasteiger partial charge in [0.15, 0.2) is 0 Å². The molecule has 2 nitrogen and oxygen atoms in total. The number of hydrogen-bond acceptors (Lipinski definition) is 2. The fourth-order valence-corrected chi connectivity index (χ4v) is 2.73. The van der Waals surface area contributed by atoms with E-state index in [9.17, 15) is 0 Å². The van der Waals surface area contributed by atoms with Gasteiger partial charge in [-0.3, -0.25) is 4.90 Å². The predicted octanol–water partition coefficient (Wildman–Crippen LogP) is 1.31. The number of allylic oxidation sites excluding steroid dienone is 3. The molecule has 0 bridgehead atoms. The first-order valence-electron chi connectivity index (χ1n) is 8.69. The number of piperazine rings is 1. The molecule has 1 rings (SSSR count). The number of likely N-dealkylation sites (N-methyl/N-ethyl adjacent to an activating group) is 1. The monoisotopic (exact) mass is 298 g/mol. The summed E-state index contributed by atoms with van der Waals surface area (Å²) in [4.78, 5) is 4.98. The van der Waals surface area contributed by atoms with E-state index >= 15 is 0 Å². The maximum atomic E-state index is 4.17. The third kappa shape index (κ3) is 10.6. The van der Waals surface area contributed by atoms with E-state index in [4.69, 9.17) is 0 Å². The molecule has 0 saturated carbocycles. The first-order chi connectivity index (χ1) is 10.1. The van der Waals surface area contributed by atoms with Gasteiger partial charge in [0, 0.05) is 32.7 Å². The second-order valence-electron chi connectivity index (χ2n) is 6.53. The van der Waals surface area contributed by atoms with Gasteiger partial charge < -0.3 is 4.90 Å². The van der Waals surface area contributed by atoms with E-state index < -0.39 is 0 Å². The van der Waals surface area contributed by atoms with Crippen molar-refractivity contribution in [2.75, 3.05) is 39.8 Å². The fraction of sp³-hybridized carbons (Fsp3) is 0.737. The van der Waals surface area contributed by atoms with Crippen molar-refractivity contribution in [3.8, 4) is 0 Å². The molecule has 0 unspecified atom stereocenters. The Morgan fingerprint density at radius 1 is 1.05 bits per heavy atom. The van der Waals surface area contributed by atoms with Crippen molar-refractivity contribution in [2.45, 2.75) is 52.4 Å². The molecule has 0 radical (unpaired) electrons. The van der Waals surface area contributed by atoms with Crippen molar-refractivity contribution >= 4 is 0 Å². The molecule has 22 heavy (non-hydrogen) atoms. The summed E-state index contributed by atoms with van der Waals surface area (Å²) < 4.78 is 0. The number of rotatable bonds is 9. The van der Waals surface area contributed by atoms with Gasteiger partial charge in [-0.25, -0.2) is 18.6 Å². The summed E-state index contributed by atoms with van der Waals surface area (Å²) in [6.07, 6.45) is 12.2. The minimum absolute atomic E-state index is 0. The van der Waals surface area contributed by atoms with Crippen LogP contribution >= 0.6 is 0 Å². The largest absolute Gasteiger partial charge is 1.00 e. The molecule has 0 aromatic rings. The minimum Gasteiger partial charge on any atom is -0.304 e. The predicted molar refractivity (Wildman–Crippen MR) is 94.5 cm³/mol. The molecule has 1 aliphatic rings. The Labute approximate surface area is 151 Å². The molecule has 0 aromatic heterocycles. The molecule has 0 N–H and O–H groups in total. The zero-order valence-electron chi connectivity index (χ0n) is 15.5. The molecule has 3 heteroatoms. The molecule has 0 atom stereocenters. The van der Waals surface area contributed by atoms with Crippen LogP contribution in [-0.4, -0.2) is 49.6 Å². The van der Waals surface area contributed by atoms with Crippen molar-refractivity contribution in [3.05, 3.63) is 30.2 Å². The zero-order valence-corrected chi connectivity index (χ0v) is 15.5. The van der Waals surface area contributed by atoms with E-state index in [0.29, 0.717) is 0 Å². The van der Waals surface area contributed by atoms with Crippen LogP contribution in [0.3, 0.4) is 0 Å². The maximum Gasteiger partial charge on any atom is 1.00 e. The van der Waals surface area contributed by atoms with Crippen LogP contribution in [0.1, 0.15) is 52.4 Å². The number of hydrogen-bond donors (Lipinski definition) is 0. The van der Waals surface area contributed by atoms with E-state index in [0.717, 1.165) is 19.4 Å². The van der Waals surface area contributed by atoms with Crippen LogP contribution in [-0.2, 0) is 0 Å². The van der Waals surface area contributed by atoms with E-state index in [1.54, 1.807) is 0 Å². The van der Waals surface area contributed by atoms with E-state index in [1.165, 1.54) is 63.0 Å². The topological polar surface area (TPSA) is 6.48 Å². The zero-order chi connectivity index (χ0) is 15.5. The molecule has 1 heterocycles. The van der Waals surface area contributed by atoms with Gasteiger partial charge in [-0.05, 0) is 20.4 Å². The second-order valence-corrected chi connectivity index (χ2v) is 6.53. The van der Waals surface area contributed by atoms with Gasteiger partial charge in [-0.2, -0.15) is 0 Å². The normalized spacial score (nSPS) is 18.3. The molecule has 0 aromatic carbocycles. The Balaban J connectivity index is 0.00000441. The molecule has 1 saturated heterocycles. The van der Waals surface area contributed by atoms with Gasteiger partial charge in [-0.15, -0.1) is 6.42 Å². The van der Waals surface area contributed by atoms with Crippen molar-refractivity contribution in [3.63, 3.8) is 0 Å². The van der Waals surface area contributed by atoms with Crippen molar-refractivity contribution in [1.82, 2.24) is 9.80 Å². The number of nitrogens with zero attached hydrogens (tertiary/aromatic N) is 2. The van der Waals surface area contributed by atoms with Crippen LogP contribution in [0.25, 0.3) is 0 Å². The van der Waals surface area contributed by atoms with Gasteiger partial charge in [-0.1, -0.05) is 44.3 Å². The van der Waals surface area contributed by atoms with Crippen LogP contribution in [0, 0.1) is 6.92 Å². The van der Waals surface area contributed by atoms with Gasteiger partial charge >= 0.3 is 18.9 Å². The smallest absolute Gasteiger partial charge is 0.304 e. The van der Waals surface area contributed by atoms with E-state index in [2.05, 4.69) is 49.8 Å². The van der Waals surface area contributed by atoms with Gasteiger partial charge in [0.2, 0.25) is 0 Å². The fourth-order valence-electron chi connectivity index (χ4n) is 2.73. The van der Waals surface area contributed by atoms with Gasteiger partial charge in [0.05, 0.1) is 0 Å². The second kappa shape index (κ2) is 13.3. The summed E-state index contributed by atoms with van der Waals surface area (Å²) in [7, 11) is 2.21. The summed E-state index contributed by atoms with van der Waals surface area (Å²) >= 11 is 0. The quantitative estimate of drug-likeness (QED) is 0.274. The van der Waals surface area contributed by atoms with Crippen molar-refractivity contribution in [1.29, 1.82) is 0 Å². The minimum atomic E-state index is 0. The van der Waals surface area contributed by atoms with Crippen molar-refractivity contribution in [2.24, 2.45) is 0 Å². The van der Waals surface area contributed by atoms with Crippen LogP contribution in [0.2, 0.25) is 0 Å². The summed E-state index contributed by atoms with van der Waals surface area (Å²) in [6, 6.07) is 0. The SMILES string of the molecule is [CH2-]/C(=C/CCCCC)CC/C=C(/C)CN1CCN(C)CC1.[Li+]. The van der Waals surface area contributed by atoms with Crippen LogP contribution in [0.15, 0.2) is 23.3 Å². The Morgan fingerprint density at radius 2 is 1.73 bits per heavy atom. The Hall–Kier alpha value is -0.133. The Kier molecular flexibility index (Phi) is 13.2. The van der Waals surface area contributed by atoms with Gasteiger partial charge in [0.25, 0.3) is 0 Å². The Bertz CT molecular complexity index is 328. The average Bonchev–Trinajstić information content (AvgIpc) is 2.46. The summed E-state index contributed by atoms with van der Waals surface area (Å²) in [5.41, 5.74) is 2.83. The number of unbranched alkanes of at least 4 members (excludes halogenated alkanes) is 3. The van der Waals surface area contributed by atoms with Gasteiger partial charge in [0.1, 0.15) is 0 Å². The Morgan fingerprint density at radius 3 is 2.36 bits per heavy atom. The molecular weight excluding hydrogens is 263 g/mol. The average molecular weight is 298 g/mol. The maximum absolute atomic E-state index is 4.17. The molecule has 122 valence electrons. The third-order valence-electron chi connectivity index (χ3n) is 4.27. The first-order valence-corrected chi connectivity index (χ1v) is 8.69. The standard InChI is InChI=1S/C19H35N2.Li/c1-5-6-7-8-10-18(2)11-9-12-19(3)17-21-15-13-20(4)14-16-21;/h10,12H,2,5-9,11,13-17H2,1,3-4H3;/q-1;+1/b18-10-,19-12-;. The van der Waals surface area contributed by atoms with Crippen molar-refractivity contribution < 1.29 is 18.9 Å². The summed E-state index contributed by atoms with van der Waals surface area (Å²) in [5, 5.41) is 0. The van der Waals surface area contributed by atoms with Crippen LogP contribution in [0.5, 0.6) is 0 Å². The molecule has 0 spiro atoms. The summed E-state index contributed by atoms with van der Waals surface area (Å²) in [5.74, 6) is 0. The summed E-state index contributed by atoms with van der Waals surface area (Å²) in [6.45, 7) is 14.7. The molecule has 0 amide bonds. The third-order valence-corrected chi connectivity index (χ3v) is 4.27. The van der Waals surface area contributed by atoms with E-state index in [-0.39, 0.29) is 18.9 Å². The van der Waals surface area contributed by atoms with Crippen LogP contribution < -0.4 is 18.9 Å². The van der Waals surface area contributed by atoms with E-state index in [1.807, 2.05) is 0 Å². The van der Waals surface area contributed by atoms with Crippen LogP contribution in [0.4, 0.5) is 0 Å². The molecular formula is C19H35LiN2.